The number of fused-ring (bicyclic) bond motifs is 1. The summed E-state index contributed by atoms with van der Waals surface area (Å²) in [4.78, 5) is 26.1. The van der Waals surface area contributed by atoms with Gasteiger partial charge >= 0.3 is 5.97 Å². The third-order valence-electron chi connectivity index (χ3n) is 1.99. The van der Waals surface area contributed by atoms with E-state index in [0.717, 1.165) is 0 Å². The first-order valence-corrected chi connectivity index (χ1v) is 4.08. The number of ether oxygens (including phenoxy) is 1. The Morgan fingerprint density at radius 2 is 2.43 bits per heavy atom. The van der Waals surface area contributed by atoms with Crippen LogP contribution in [0.15, 0.2) is 12.3 Å². The summed E-state index contributed by atoms with van der Waals surface area (Å²) in [7, 11) is 1.30. The largest absolute Gasteiger partial charge is 0.465 e. The lowest BCUT2D eigenvalue weighted by Crippen LogP contribution is -2.04. The Hall–Kier alpha value is -1.91. The predicted octanol–water partition coefficient (Wildman–Crippen LogP) is 0.363. The summed E-state index contributed by atoms with van der Waals surface area (Å²) in [5.74, 6) is -0.559. The zero-order valence-electron chi connectivity index (χ0n) is 7.53. The van der Waals surface area contributed by atoms with Crippen molar-refractivity contribution in [1.29, 1.82) is 0 Å². The number of rotatable bonds is 1. The molecule has 5 heteroatoms. The minimum atomic E-state index is -0.457. The van der Waals surface area contributed by atoms with Crippen molar-refractivity contribution in [3.05, 3.63) is 23.5 Å². The van der Waals surface area contributed by atoms with Crippen LogP contribution in [0.25, 0.3) is 0 Å². The minimum Gasteiger partial charge on any atom is -0.465 e. The number of hydrogen-bond donors (Lipinski definition) is 1. The number of carbonyl (C=O) groups excluding carboxylic acids is 2. The zero-order chi connectivity index (χ0) is 10.1. The normalized spacial score (nSPS) is 13.4. The zero-order valence-corrected chi connectivity index (χ0v) is 7.53. The highest BCUT2D eigenvalue weighted by Crippen LogP contribution is 2.21. The molecule has 2 rings (SSSR count). The molecule has 0 saturated carbocycles. The highest BCUT2D eigenvalue weighted by molar-refractivity contribution is 6.00. The lowest BCUT2D eigenvalue weighted by Gasteiger charge is -2.01. The lowest BCUT2D eigenvalue weighted by atomic mass is 10.2. The second-order valence-electron chi connectivity index (χ2n) is 2.93. The van der Waals surface area contributed by atoms with E-state index < -0.39 is 5.97 Å². The molecule has 0 atom stereocenters. The molecule has 0 aliphatic carbocycles. The van der Waals surface area contributed by atoms with Gasteiger partial charge in [0.15, 0.2) is 0 Å². The third kappa shape index (κ3) is 1.32. The van der Waals surface area contributed by atoms with Gasteiger partial charge in [0.25, 0.3) is 0 Å². The molecule has 0 radical (unpaired) electrons. The van der Waals surface area contributed by atoms with Crippen molar-refractivity contribution in [3.63, 3.8) is 0 Å². The molecule has 1 aliphatic rings. The van der Waals surface area contributed by atoms with Crippen LogP contribution in [0.3, 0.4) is 0 Å². The molecule has 1 N–H and O–H groups in total. The molecule has 0 saturated heterocycles. The van der Waals surface area contributed by atoms with E-state index in [-0.39, 0.29) is 12.3 Å². The van der Waals surface area contributed by atoms with E-state index in [9.17, 15) is 9.59 Å². The van der Waals surface area contributed by atoms with Crippen molar-refractivity contribution >= 4 is 17.6 Å². The SMILES string of the molecule is COC(=O)c1cnc2c(c1)NC(=O)C2. The second-order valence-corrected chi connectivity index (χ2v) is 2.93. The van der Waals surface area contributed by atoms with Crippen LogP contribution in [0.2, 0.25) is 0 Å². The summed E-state index contributed by atoms with van der Waals surface area (Å²) >= 11 is 0. The average molecular weight is 192 g/mol. The van der Waals surface area contributed by atoms with Gasteiger partial charge in [0.1, 0.15) is 0 Å². The molecule has 1 aromatic rings. The number of anilines is 1. The number of esters is 1. The molecule has 0 aromatic carbocycles. The van der Waals surface area contributed by atoms with Crippen LogP contribution in [0.1, 0.15) is 16.1 Å². The lowest BCUT2D eigenvalue weighted by molar-refractivity contribution is -0.115. The topological polar surface area (TPSA) is 68.3 Å². The number of nitrogens with zero attached hydrogens (tertiary/aromatic N) is 1. The molecule has 72 valence electrons. The van der Waals surface area contributed by atoms with E-state index in [4.69, 9.17) is 0 Å². The molecule has 0 fully saturated rings. The molecule has 0 unspecified atom stereocenters. The summed E-state index contributed by atoms with van der Waals surface area (Å²) < 4.78 is 4.53. The maximum absolute atomic E-state index is 11.1. The van der Waals surface area contributed by atoms with Gasteiger partial charge in [-0.15, -0.1) is 0 Å². The number of methoxy groups -OCH3 is 1. The van der Waals surface area contributed by atoms with Gasteiger partial charge in [-0.2, -0.15) is 0 Å². The van der Waals surface area contributed by atoms with Crippen LogP contribution in [0.4, 0.5) is 5.69 Å². The second kappa shape index (κ2) is 3.10. The molecular weight excluding hydrogens is 184 g/mol. The van der Waals surface area contributed by atoms with Crippen LogP contribution >= 0.6 is 0 Å². The Balaban J connectivity index is 2.37. The summed E-state index contributed by atoms with van der Waals surface area (Å²) in [6.07, 6.45) is 1.68. The smallest absolute Gasteiger partial charge is 0.339 e. The monoisotopic (exact) mass is 192 g/mol. The van der Waals surface area contributed by atoms with Crippen LogP contribution in [-0.4, -0.2) is 24.0 Å². The molecule has 14 heavy (non-hydrogen) atoms. The Morgan fingerprint density at radius 3 is 3.14 bits per heavy atom. The summed E-state index contributed by atoms with van der Waals surface area (Å²) in [5, 5.41) is 2.61. The third-order valence-corrected chi connectivity index (χ3v) is 1.99. The molecule has 0 spiro atoms. The van der Waals surface area contributed by atoms with E-state index in [1.165, 1.54) is 13.3 Å². The summed E-state index contributed by atoms with van der Waals surface area (Å²) in [6.45, 7) is 0. The molecular formula is C9H8N2O3. The highest BCUT2D eigenvalue weighted by Gasteiger charge is 2.20. The van der Waals surface area contributed by atoms with E-state index in [1.807, 2.05) is 0 Å². The van der Waals surface area contributed by atoms with Gasteiger partial charge in [0.2, 0.25) is 5.91 Å². The summed E-state index contributed by atoms with van der Waals surface area (Å²) in [6, 6.07) is 1.57. The highest BCUT2D eigenvalue weighted by atomic mass is 16.5. The van der Waals surface area contributed by atoms with Gasteiger partial charge in [-0.1, -0.05) is 0 Å². The van der Waals surface area contributed by atoms with Crippen LogP contribution in [-0.2, 0) is 16.0 Å². The van der Waals surface area contributed by atoms with Gasteiger partial charge in [0, 0.05) is 6.20 Å². The number of hydrogen-bond acceptors (Lipinski definition) is 4. The molecule has 5 nitrogen and oxygen atoms in total. The van der Waals surface area contributed by atoms with Crippen LogP contribution in [0, 0.1) is 0 Å². The number of pyridine rings is 1. The Labute approximate surface area is 80.1 Å². The maximum atomic E-state index is 11.1. The Kier molecular flexibility index (Phi) is 1.92. The molecule has 1 amide bonds. The standard InChI is InChI=1S/C9H8N2O3/c1-14-9(13)5-2-7-6(10-4-5)3-8(12)11-7/h2,4H,3H2,1H3,(H,11,12). The molecule has 1 aliphatic heterocycles. The first-order valence-electron chi connectivity index (χ1n) is 4.08. The summed E-state index contributed by atoms with van der Waals surface area (Å²) in [5.41, 5.74) is 1.61. The quantitative estimate of drug-likeness (QED) is 0.652. The first-order chi connectivity index (χ1) is 6.70. The fourth-order valence-corrected chi connectivity index (χ4v) is 1.32. The van der Waals surface area contributed by atoms with E-state index in [0.29, 0.717) is 16.9 Å². The van der Waals surface area contributed by atoms with Crippen molar-refractivity contribution in [2.45, 2.75) is 6.42 Å². The van der Waals surface area contributed by atoms with Gasteiger partial charge in [-0.25, -0.2) is 4.79 Å². The Morgan fingerprint density at radius 1 is 1.64 bits per heavy atom. The van der Waals surface area contributed by atoms with E-state index in [2.05, 4.69) is 15.0 Å². The minimum absolute atomic E-state index is 0.102. The number of carbonyl (C=O) groups is 2. The van der Waals surface area contributed by atoms with Crippen molar-refractivity contribution in [1.82, 2.24) is 4.98 Å². The van der Waals surface area contributed by atoms with Crippen LogP contribution < -0.4 is 5.32 Å². The predicted molar refractivity (Wildman–Crippen MR) is 47.9 cm³/mol. The van der Waals surface area contributed by atoms with Crippen molar-refractivity contribution in [2.24, 2.45) is 0 Å². The van der Waals surface area contributed by atoms with E-state index in [1.54, 1.807) is 6.07 Å². The fraction of sp³-hybridized carbons (Fsp3) is 0.222. The average Bonchev–Trinajstić information content (AvgIpc) is 2.55. The van der Waals surface area contributed by atoms with Crippen molar-refractivity contribution in [3.8, 4) is 0 Å². The van der Waals surface area contributed by atoms with Crippen molar-refractivity contribution in [2.75, 3.05) is 12.4 Å². The fourth-order valence-electron chi connectivity index (χ4n) is 1.32. The van der Waals surface area contributed by atoms with Gasteiger partial charge in [0.05, 0.1) is 30.5 Å². The maximum Gasteiger partial charge on any atom is 0.339 e. The Bertz CT molecular complexity index is 415. The first kappa shape index (κ1) is 8.68. The number of aromatic nitrogens is 1. The molecule has 1 aromatic heterocycles. The van der Waals surface area contributed by atoms with Crippen LogP contribution in [0.5, 0.6) is 0 Å². The van der Waals surface area contributed by atoms with Gasteiger partial charge in [-0.05, 0) is 6.07 Å². The molecule has 2 heterocycles. The number of amides is 1. The van der Waals surface area contributed by atoms with E-state index >= 15 is 0 Å². The molecule has 0 bridgehead atoms. The van der Waals surface area contributed by atoms with Crippen molar-refractivity contribution < 1.29 is 14.3 Å². The number of nitrogens with one attached hydrogen (secondary N) is 1. The van der Waals surface area contributed by atoms with Gasteiger partial charge < -0.3 is 10.1 Å². The van der Waals surface area contributed by atoms with Gasteiger partial charge in [-0.3, -0.25) is 9.78 Å².